The summed E-state index contributed by atoms with van der Waals surface area (Å²) in [4.78, 5) is 39.1. The fraction of sp³-hybridized carbons (Fsp3) is 0.222. The second-order valence-electron chi connectivity index (χ2n) is 8.37. The normalized spacial score (nSPS) is 15.2. The number of hydrogen-bond donors (Lipinski definition) is 1. The molecule has 2 heterocycles. The van der Waals surface area contributed by atoms with Crippen LogP contribution < -0.4 is 10.2 Å². The van der Waals surface area contributed by atoms with Crippen molar-refractivity contribution in [2.24, 2.45) is 0 Å². The molecular weight excluding hydrogens is 450 g/mol. The van der Waals surface area contributed by atoms with E-state index in [1.54, 1.807) is 30.3 Å². The number of nitrogens with one attached hydrogen (secondary N) is 1. The quantitative estimate of drug-likeness (QED) is 0.364. The van der Waals surface area contributed by atoms with E-state index in [4.69, 9.17) is 11.6 Å². The van der Waals surface area contributed by atoms with Crippen LogP contribution in [0.5, 0.6) is 0 Å². The van der Waals surface area contributed by atoms with Gasteiger partial charge in [-0.1, -0.05) is 37.1 Å². The largest absolute Gasteiger partial charge is 0.335 e. The number of rotatable bonds is 6. The summed E-state index contributed by atoms with van der Waals surface area (Å²) in [5.74, 6) is -1.40. The molecule has 4 rings (SSSR count). The molecule has 3 aromatic rings. The molecule has 1 N–H and O–H groups in total. The number of aryl methyl sites for hydroxylation is 2. The number of hydrogen-bond acceptors (Lipinski definition) is 3. The molecule has 7 heteroatoms. The van der Waals surface area contributed by atoms with Crippen molar-refractivity contribution in [3.05, 3.63) is 87.7 Å². The van der Waals surface area contributed by atoms with E-state index < -0.39 is 17.8 Å². The first kappa shape index (κ1) is 23.5. The second-order valence-corrected chi connectivity index (χ2v) is 8.80. The molecule has 6 nitrogen and oxygen atoms in total. The van der Waals surface area contributed by atoms with Gasteiger partial charge in [0, 0.05) is 22.1 Å². The smallest absolute Gasteiger partial charge is 0.318 e. The third-order valence-electron chi connectivity index (χ3n) is 5.97. The van der Waals surface area contributed by atoms with Crippen LogP contribution in [0.15, 0.2) is 60.2 Å². The summed E-state index contributed by atoms with van der Waals surface area (Å²) in [7, 11) is 0. The Morgan fingerprint density at radius 2 is 1.59 bits per heavy atom. The van der Waals surface area contributed by atoms with Gasteiger partial charge < -0.3 is 4.57 Å². The van der Waals surface area contributed by atoms with Crippen molar-refractivity contribution in [2.45, 2.75) is 40.0 Å². The zero-order valence-corrected chi connectivity index (χ0v) is 20.1. The van der Waals surface area contributed by atoms with E-state index in [0.29, 0.717) is 10.7 Å². The van der Waals surface area contributed by atoms with E-state index in [0.717, 1.165) is 46.8 Å². The molecule has 1 aliphatic rings. The van der Waals surface area contributed by atoms with Gasteiger partial charge in [0.2, 0.25) is 0 Å². The Kier molecular flexibility index (Phi) is 6.70. The molecule has 0 aliphatic carbocycles. The summed E-state index contributed by atoms with van der Waals surface area (Å²) in [6, 6.07) is 15.9. The minimum absolute atomic E-state index is 0.107. The van der Waals surface area contributed by atoms with Crippen LogP contribution in [-0.4, -0.2) is 22.4 Å². The first-order valence-electron chi connectivity index (χ1n) is 11.3. The lowest BCUT2D eigenvalue weighted by Crippen LogP contribution is -2.54. The lowest BCUT2D eigenvalue weighted by molar-refractivity contribution is -0.122. The van der Waals surface area contributed by atoms with Crippen molar-refractivity contribution in [1.82, 2.24) is 9.88 Å². The van der Waals surface area contributed by atoms with Crippen molar-refractivity contribution in [3.8, 4) is 5.69 Å². The number of halogens is 1. The number of benzene rings is 2. The van der Waals surface area contributed by atoms with E-state index >= 15 is 0 Å². The Labute approximate surface area is 203 Å². The van der Waals surface area contributed by atoms with Crippen molar-refractivity contribution < 1.29 is 14.4 Å². The summed E-state index contributed by atoms with van der Waals surface area (Å²) in [6.07, 6.45) is 4.91. The van der Waals surface area contributed by atoms with E-state index in [-0.39, 0.29) is 5.57 Å². The van der Waals surface area contributed by atoms with Gasteiger partial charge in [0.25, 0.3) is 11.8 Å². The Balaban J connectivity index is 1.68. The number of anilines is 1. The van der Waals surface area contributed by atoms with Gasteiger partial charge in [0.05, 0.1) is 5.69 Å². The Morgan fingerprint density at radius 3 is 2.24 bits per heavy atom. The zero-order chi connectivity index (χ0) is 24.4. The van der Waals surface area contributed by atoms with Gasteiger partial charge in [0.1, 0.15) is 5.57 Å². The molecule has 1 saturated heterocycles. The molecule has 0 radical (unpaired) electrons. The zero-order valence-electron chi connectivity index (χ0n) is 19.4. The first-order valence-corrected chi connectivity index (χ1v) is 11.6. The van der Waals surface area contributed by atoms with E-state index in [1.165, 1.54) is 5.56 Å². The summed E-state index contributed by atoms with van der Waals surface area (Å²) in [5, 5.41) is 2.74. The molecule has 2 aromatic carbocycles. The molecule has 0 bridgehead atoms. The number of imide groups is 2. The Hall–Kier alpha value is -3.64. The number of nitrogens with zero attached hydrogens (tertiary/aromatic N) is 2. The Bertz CT molecular complexity index is 1290. The highest BCUT2D eigenvalue weighted by Crippen LogP contribution is 2.27. The molecule has 4 amide bonds. The van der Waals surface area contributed by atoms with Crippen LogP contribution in [0.3, 0.4) is 0 Å². The monoisotopic (exact) mass is 475 g/mol. The number of urea groups is 1. The molecule has 0 saturated carbocycles. The minimum atomic E-state index is -0.789. The highest BCUT2D eigenvalue weighted by atomic mass is 35.5. The van der Waals surface area contributed by atoms with Gasteiger partial charge >= 0.3 is 6.03 Å². The average molecular weight is 476 g/mol. The minimum Gasteiger partial charge on any atom is -0.318 e. The highest BCUT2D eigenvalue weighted by molar-refractivity contribution is 6.39. The molecule has 174 valence electrons. The topological polar surface area (TPSA) is 71.4 Å². The number of amides is 4. The number of aromatic nitrogens is 1. The highest BCUT2D eigenvalue weighted by Gasteiger charge is 2.37. The van der Waals surface area contributed by atoms with Gasteiger partial charge in [-0.25, -0.2) is 9.69 Å². The van der Waals surface area contributed by atoms with Gasteiger partial charge in [-0.3, -0.25) is 14.9 Å². The maximum absolute atomic E-state index is 13.2. The third kappa shape index (κ3) is 4.54. The summed E-state index contributed by atoms with van der Waals surface area (Å²) >= 11 is 5.93. The molecule has 0 unspecified atom stereocenters. The molecule has 0 atom stereocenters. The summed E-state index contributed by atoms with van der Waals surface area (Å²) in [6.45, 7) is 6.10. The van der Waals surface area contributed by atoms with Crippen molar-refractivity contribution in [3.63, 3.8) is 0 Å². The molecule has 1 aromatic heterocycles. The van der Waals surface area contributed by atoms with Crippen LogP contribution in [-0.2, 0) is 16.0 Å². The van der Waals surface area contributed by atoms with Gasteiger partial charge in [0.15, 0.2) is 0 Å². The predicted octanol–water partition coefficient (Wildman–Crippen LogP) is 5.76. The third-order valence-corrected chi connectivity index (χ3v) is 6.22. The number of barbiturate groups is 1. The van der Waals surface area contributed by atoms with Crippen molar-refractivity contribution in [2.75, 3.05) is 4.90 Å². The van der Waals surface area contributed by atoms with Crippen LogP contribution in [0.2, 0.25) is 5.02 Å². The first-order chi connectivity index (χ1) is 16.3. The predicted molar refractivity (Wildman–Crippen MR) is 134 cm³/mol. The van der Waals surface area contributed by atoms with Crippen LogP contribution >= 0.6 is 11.6 Å². The lowest BCUT2D eigenvalue weighted by Gasteiger charge is -2.26. The molecule has 1 aliphatic heterocycles. The lowest BCUT2D eigenvalue weighted by atomic mass is 10.1. The molecular formula is C27H26ClN3O3. The van der Waals surface area contributed by atoms with Crippen LogP contribution in [0.1, 0.15) is 42.3 Å². The summed E-state index contributed by atoms with van der Waals surface area (Å²) in [5.41, 5.74) is 5.13. The van der Waals surface area contributed by atoms with E-state index in [9.17, 15) is 14.4 Å². The van der Waals surface area contributed by atoms with Crippen LogP contribution in [0.4, 0.5) is 10.5 Å². The Morgan fingerprint density at radius 1 is 0.941 bits per heavy atom. The number of carbonyl (C=O) groups excluding carboxylic acids is 3. The molecule has 0 spiro atoms. The van der Waals surface area contributed by atoms with E-state index in [2.05, 4.69) is 41.1 Å². The maximum atomic E-state index is 13.2. The fourth-order valence-electron chi connectivity index (χ4n) is 4.16. The standard InChI is InChI=1S/C27H26ClN3O3/c1-4-5-6-19-7-11-22(12-8-19)30-17(2)15-20(18(30)3)16-24-25(32)29-27(34)31(26(24)33)23-13-9-21(28)10-14-23/h7-16H,4-6H2,1-3H3,(H,29,32,34)/b24-16+. The molecule has 34 heavy (non-hydrogen) atoms. The number of unbranched alkanes of at least 4 members (excludes halogenated alkanes) is 1. The SMILES string of the molecule is CCCCc1ccc(-n2c(C)cc(/C=C3\C(=O)NC(=O)N(c4ccc(Cl)cc4)C3=O)c2C)cc1. The maximum Gasteiger partial charge on any atom is 0.335 e. The van der Waals surface area contributed by atoms with Gasteiger partial charge in [-0.2, -0.15) is 0 Å². The summed E-state index contributed by atoms with van der Waals surface area (Å²) < 4.78 is 2.09. The van der Waals surface area contributed by atoms with Gasteiger partial charge in [-0.05, 0) is 86.4 Å². The van der Waals surface area contributed by atoms with Crippen LogP contribution in [0, 0.1) is 13.8 Å². The van der Waals surface area contributed by atoms with Crippen LogP contribution in [0.25, 0.3) is 11.8 Å². The van der Waals surface area contributed by atoms with Gasteiger partial charge in [-0.15, -0.1) is 0 Å². The van der Waals surface area contributed by atoms with Crippen molar-refractivity contribution >= 4 is 41.2 Å². The average Bonchev–Trinajstić information content (AvgIpc) is 3.09. The second kappa shape index (κ2) is 9.69. The fourth-order valence-corrected chi connectivity index (χ4v) is 4.29. The van der Waals surface area contributed by atoms with Crippen molar-refractivity contribution in [1.29, 1.82) is 0 Å². The van der Waals surface area contributed by atoms with E-state index in [1.807, 2.05) is 19.9 Å². The molecule has 1 fully saturated rings. The number of carbonyl (C=O) groups is 3.